The first kappa shape index (κ1) is 17.5. The lowest BCUT2D eigenvalue weighted by Gasteiger charge is -2.35. The average Bonchev–Trinajstić information content (AvgIpc) is 2.97. The van der Waals surface area contributed by atoms with Crippen molar-refractivity contribution in [3.8, 4) is 0 Å². The Morgan fingerprint density at radius 1 is 1.18 bits per heavy atom. The van der Waals surface area contributed by atoms with Crippen LogP contribution in [0.15, 0.2) is 0 Å². The maximum Gasteiger partial charge on any atom is 0.410 e. The van der Waals surface area contributed by atoms with Crippen LogP contribution in [0.2, 0.25) is 0 Å². The van der Waals surface area contributed by atoms with Crippen molar-refractivity contribution in [1.29, 1.82) is 0 Å². The van der Waals surface area contributed by atoms with E-state index in [0.29, 0.717) is 12.1 Å². The van der Waals surface area contributed by atoms with Crippen molar-refractivity contribution in [3.63, 3.8) is 0 Å². The predicted octanol–water partition coefficient (Wildman–Crippen LogP) is 2.46. The molecule has 2 rings (SSSR count). The first-order valence-corrected chi connectivity index (χ1v) is 8.80. The molecule has 0 aromatic carbocycles. The fourth-order valence-electron chi connectivity index (χ4n) is 3.24. The largest absolute Gasteiger partial charge is 0.444 e. The number of carbonyl (C=O) groups is 1. The molecule has 2 aliphatic heterocycles. The number of piperidine rings is 1. The summed E-state index contributed by atoms with van der Waals surface area (Å²) in [6.07, 6.45) is 4.56. The number of ether oxygens (including phenoxy) is 1. The van der Waals surface area contributed by atoms with Gasteiger partial charge in [0.1, 0.15) is 5.60 Å². The maximum absolute atomic E-state index is 12.0. The zero-order valence-electron chi connectivity index (χ0n) is 14.7. The third-order valence-electron chi connectivity index (χ3n) is 4.61. The molecule has 0 bridgehead atoms. The maximum atomic E-state index is 12.0. The first-order valence-electron chi connectivity index (χ1n) is 8.80. The fraction of sp³-hybridized carbons (Fsp3) is 0.941. The van der Waals surface area contributed by atoms with Gasteiger partial charge in [-0.1, -0.05) is 0 Å². The molecule has 22 heavy (non-hydrogen) atoms. The van der Waals surface area contributed by atoms with Gasteiger partial charge >= 0.3 is 6.09 Å². The van der Waals surface area contributed by atoms with Gasteiger partial charge < -0.3 is 15.0 Å². The van der Waals surface area contributed by atoms with Crippen molar-refractivity contribution >= 4 is 6.09 Å². The number of carbonyl (C=O) groups excluding carboxylic acids is 1. The van der Waals surface area contributed by atoms with Crippen molar-refractivity contribution < 1.29 is 9.53 Å². The van der Waals surface area contributed by atoms with Crippen LogP contribution in [0.3, 0.4) is 0 Å². The Balaban J connectivity index is 1.65. The molecule has 5 heteroatoms. The van der Waals surface area contributed by atoms with Crippen LogP contribution in [0.25, 0.3) is 0 Å². The van der Waals surface area contributed by atoms with Gasteiger partial charge in [-0.25, -0.2) is 4.79 Å². The fourth-order valence-corrected chi connectivity index (χ4v) is 3.24. The molecule has 0 aromatic rings. The second-order valence-electron chi connectivity index (χ2n) is 7.74. The van der Waals surface area contributed by atoms with E-state index in [1.165, 1.54) is 25.9 Å². The van der Waals surface area contributed by atoms with Crippen molar-refractivity contribution in [2.45, 2.75) is 71.1 Å². The highest BCUT2D eigenvalue weighted by molar-refractivity contribution is 5.68. The van der Waals surface area contributed by atoms with E-state index in [1.54, 1.807) is 0 Å². The van der Waals surface area contributed by atoms with Crippen LogP contribution in [0.5, 0.6) is 0 Å². The normalized spacial score (nSPS) is 22.8. The molecular weight excluding hydrogens is 278 g/mol. The number of rotatable bonds is 4. The Bertz CT molecular complexity index is 353. The van der Waals surface area contributed by atoms with Gasteiger partial charge in [-0.2, -0.15) is 0 Å². The summed E-state index contributed by atoms with van der Waals surface area (Å²) in [6, 6.07) is 1.15. The number of amides is 1. The lowest BCUT2D eigenvalue weighted by atomic mass is 10.0. The number of nitrogens with one attached hydrogen (secondary N) is 1. The van der Waals surface area contributed by atoms with Crippen LogP contribution in [0, 0.1) is 0 Å². The molecule has 0 aliphatic carbocycles. The quantitative estimate of drug-likeness (QED) is 0.866. The van der Waals surface area contributed by atoms with Gasteiger partial charge in [0, 0.05) is 31.7 Å². The summed E-state index contributed by atoms with van der Waals surface area (Å²) < 4.78 is 5.44. The third-order valence-corrected chi connectivity index (χ3v) is 4.61. The molecule has 1 N–H and O–H groups in total. The summed E-state index contributed by atoms with van der Waals surface area (Å²) in [5.41, 5.74) is -0.405. The Kier molecular flexibility index (Phi) is 6.09. The van der Waals surface area contributed by atoms with Crippen molar-refractivity contribution in [2.24, 2.45) is 0 Å². The summed E-state index contributed by atoms with van der Waals surface area (Å²) in [5, 5.41) is 3.69. The van der Waals surface area contributed by atoms with Gasteiger partial charge in [0.25, 0.3) is 0 Å². The lowest BCUT2D eigenvalue weighted by Crippen LogP contribution is -2.49. The topological polar surface area (TPSA) is 44.8 Å². The van der Waals surface area contributed by atoms with E-state index in [4.69, 9.17) is 4.74 Å². The van der Waals surface area contributed by atoms with E-state index in [1.807, 2.05) is 25.7 Å². The van der Waals surface area contributed by atoms with E-state index in [2.05, 4.69) is 17.1 Å². The molecule has 2 heterocycles. The lowest BCUT2D eigenvalue weighted by molar-refractivity contribution is 0.0197. The van der Waals surface area contributed by atoms with Gasteiger partial charge in [-0.05, 0) is 66.5 Å². The SMILES string of the molecule is CC(CNC1CCN(C(=O)OC(C)(C)C)CC1)N1CCCC1. The zero-order valence-corrected chi connectivity index (χ0v) is 14.7. The minimum atomic E-state index is -0.405. The predicted molar refractivity (Wildman–Crippen MR) is 89.1 cm³/mol. The second kappa shape index (κ2) is 7.64. The summed E-state index contributed by atoms with van der Waals surface area (Å²) >= 11 is 0. The summed E-state index contributed by atoms with van der Waals surface area (Å²) in [6.45, 7) is 13.2. The Labute approximate surface area is 135 Å². The van der Waals surface area contributed by atoms with Crippen molar-refractivity contribution in [3.05, 3.63) is 0 Å². The van der Waals surface area contributed by atoms with Gasteiger partial charge in [-0.15, -0.1) is 0 Å². The van der Waals surface area contributed by atoms with E-state index < -0.39 is 5.60 Å². The van der Waals surface area contributed by atoms with E-state index in [0.717, 1.165) is 32.5 Å². The monoisotopic (exact) mass is 311 g/mol. The first-order chi connectivity index (χ1) is 10.3. The van der Waals surface area contributed by atoms with Gasteiger partial charge in [0.15, 0.2) is 0 Å². The van der Waals surface area contributed by atoms with Gasteiger partial charge in [-0.3, -0.25) is 4.90 Å². The van der Waals surface area contributed by atoms with Gasteiger partial charge in [0.2, 0.25) is 0 Å². The molecule has 1 amide bonds. The molecule has 0 radical (unpaired) electrons. The number of hydrogen-bond acceptors (Lipinski definition) is 4. The molecule has 5 nitrogen and oxygen atoms in total. The minimum absolute atomic E-state index is 0.170. The average molecular weight is 311 g/mol. The van der Waals surface area contributed by atoms with Gasteiger partial charge in [0.05, 0.1) is 0 Å². The second-order valence-corrected chi connectivity index (χ2v) is 7.74. The Morgan fingerprint density at radius 2 is 1.77 bits per heavy atom. The highest BCUT2D eigenvalue weighted by Crippen LogP contribution is 2.16. The molecule has 1 unspecified atom stereocenters. The van der Waals surface area contributed by atoms with Crippen LogP contribution < -0.4 is 5.32 Å². The van der Waals surface area contributed by atoms with E-state index >= 15 is 0 Å². The number of nitrogens with zero attached hydrogens (tertiary/aromatic N) is 2. The smallest absolute Gasteiger partial charge is 0.410 e. The third kappa shape index (κ3) is 5.43. The Hall–Kier alpha value is -0.810. The number of likely N-dealkylation sites (tertiary alicyclic amines) is 2. The molecule has 2 saturated heterocycles. The summed E-state index contributed by atoms with van der Waals surface area (Å²) in [5.74, 6) is 0. The summed E-state index contributed by atoms with van der Waals surface area (Å²) in [7, 11) is 0. The van der Waals surface area contributed by atoms with Crippen LogP contribution >= 0.6 is 0 Å². The van der Waals surface area contributed by atoms with Crippen LogP contribution in [-0.2, 0) is 4.74 Å². The molecule has 0 saturated carbocycles. The molecule has 128 valence electrons. The molecule has 0 spiro atoms. The van der Waals surface area contributed by atoms with Crippen LogP contribution in [0.1, 0.15) is 53.4 Å². The van der Waals surface area contributed by atoms with E-state index in [9.17, 15) is 4.79 Å². The molecule has 2 fully saturated rings. The standard InChI is InChI=1S/C17H33N3O2/c1-14(19-9-5-6-10-19)13-18-15-7-11-20(12-8-15)16(21)22-17(2,3)4/h14-15,18H,5-13H2,1-4H3. The van der Waals surface area contributed by atoms with Crippen molar-refractivity contribution in [2.75, 3.05) is 32.7 Å². The Morgan fingerprint density at radius 3 is 2.32 bits per heavy atom. The molecular formula is C17H33N3O2. The molecule has 1 atom stereocenters. The zero-order chi connectivity index (χ0) is 16.2. The van der Waals surface area contributed by atoms with E-state index in [-0.39, 0.29) is 6.09 Å². The highest BCUT2D eigenvalue weighted by atomic mass is 16.6. The van der Waals surface area contributed by atoms with Crippen molar-refractivity contribution in [1.82, 2.24) is 15.1 Å². The number of hydrogen-bond donors (Lipinski definition) is 1. The summed E-state index contributed by atoms with van der Waals surface area (Å²) in [4.78, 5) is 16.4. The minimum Gasteiger partial charge on any atom is -0.444 e. The van der Waals surface area contributed by atoms with Crippen LogP contribution in [-0.4, -0.2) is 66.3 Å². The highest BCUT2D eigenvalue weighted by Gasteiger charge is 2.27. The van der Waals surface area contributed by atoms with Crippen LogP contribution in [0.4, 0.5) is 4.79 Å². The molecule has 2 aliphatic rings. The molecule has 0 aromatic heterocycles.